The first-order valence-electron chi connectivity index (χ1n) is 10.0. The van der Waals surface area contributed by atoms with Crippen molar-refractivity contribution in [1.29, 1.82) is 0 Å². The van der Waals surface area contributed by atoms with Gasteiger partial charge in [0.25, 0.3) is 0 Å². The monoisotopic (exact) mass is 344 g/mol. The standard InChI is InChI=1S/C21H32N2O2/c1-20-10-8-16-14(15(20)6-4-13(20)12-18(22)24)5-7-17-21(16,2)11-9-19(25)23(17)3/h9,11,13-17H,4-8,10,12H2,1-3H3,(H2,22,24)/t13?,14-,15-,16-,17+,20+,21+/m0/s1. The molecule has 0 spiro atoms. The molecule has 3 saturated carbocycles. The normalized spacial score (nSPS) is 48.7. The van der Waals surface area contributed by atoms with Crippen molar-refractivity contribution < 1.29 is 9.59 Å². The van der Waals surface area contributed by atoms with Crippen molar-refractivity contribution >= 4 is 11.8 Å². The molecule has 7 atom stereocenters. The van der Waals surface area contributed by atoms with Crippen LogP contribution in [-0.4, -0.2) is 29.8 Å². The van der Waals surface area contributed by atoms with Crippen LogP contribution in [0.1, 0.15) is 58.8 Å². The highest BCUT2D eigenvalue weighted by molar-refractivity contribution is 5.89. The maximum atomic E-state index is 12.1. The number of carbonyl (C=O) groups is 2. The Morgan fingerprint density at radius 1 is 1.20 bits per heavy atom. The molecule has 1 aliphatic heterocycles. The number of amides is 2. The lowest BCUT2D eigenvalue weighted by Crippen LogP contribution is -2.59. The molecule has 0 radical (unpaired) electrons. The highest BCUT2D eigenvalue weighted by Gasteiger charge is 2.60. The van der Waals surface area contributed by atoms with Gasteiger partial charge in [0.05, 0.1) is 0 Å². The molecule has 1 unspecified atom stereocenters. The first kappa shape index (κ1) is 17.1. The summed E-state index contributed by atoms with van der Waals surface area (Å²) >= 11 is 0. The van der Waals surface area contributed by atoms with E-state index in [-0.39, 0.29) is 22.6 Å². The molecule has 1 heterocycles. The first-order valence-corrected chi connectivity index (χ1v) is 10.0. The number of fused-ring (bicyclic) bond motifs is 5. The summed E-state index contributed by atoms with van der Waals surface area (Å²) in [5.74, 6) is 2.58. The van der Waals surface area contributed by atoms with Crippen LogP contribution in [0.15, 0.2) is 12.2 Å². The van der Waals surface area contributed by atoms with Crippen molar-refractivity contribution in [3.63, 3.8) is 0 Å². The zero-order valence-corrected chi connectivity index (χ0v) is 15.8. The smallest absolute Gasteiger partial charge is 0.246 e. The average Bonchev–Trinajstić information content (AvgIpc) is 2.88. The van der Waals surface area contributed by atoms with Crippen molar-refractivity contribution in [2.45, 2.75) is 64.8 Å². The van der Waals surface area contributed by atoms with Gasteiger partial charge in [-0.2, -0.15) is 0 Å². The molecule has 25 heavy (non-hydrogen) atoms. The lowest BCUT2D eigenvalue weighted by atomic mass is 9.47. The quantitative estimate of drug-likeness (QED) is 0.836. The van der Waals surface area contributed by atoms with Crippen LogP contribution < -0.4 is 5.73 Å². The average molecular weight is 344 g/mol. The lowest BCUT2D eigenvalue weighted by Gasteiger charge is -2.60. The van der Waals surface area contributed by atoms with Crippen LogP contribution in [0.2, 0.25) is 0 Å². The zero-order valence-electron chi connectivity index (χ0n) is 15.8. The van der Waals surface area contributed by atoms with Gasteiger partial charge in [-0.1, -0.05) is 19.9 Å². The number of nitrogens with zero attached hydrogens (tertiary/aromatic N) is 1. The summed E-state index contributed by atoms with van der Waals surface area (Å²) in [5.41, 5.74) is 5.92. The summed E-state index contributed by atoms with van der Waals surface area (Å²) in [4.78, 5) is 25.6. The molecule has 4 nitrogen and oxygen atoms in total. The van der Waals surface area contributed by atoms with Crippen molar-refractivity contribution in [3.05, 3.63) is 12.2 Å². The molecule has 4 rings (SSSR count). The Balaban J connectivity index is 1.63. The number of rotatable bonds is 2. The summed E-state index contributed by atoms with van der Waals surface area (Å²) < 4.78 is 0. The summed E-state index contributed by atoms with van der Waals surface area (Å²) in [6.07, 6.45) is 11.7. The van der Waals surface area contributed by atoms with E-state index in [9.17, 15) is 9.59 Å². The minimum Gasteiger partial charge on any atom is -0.370 e. The maximum Gasteiger partial charge on any atom is 0.246 e. The van der Waals surface area contributed by atoms with Crippen LogP contribution in [0.25, 0.3) is 0 Å². The number of likely N-dealkylation sites (N-methyl/N-ethyl adjacent to an activating group) is 1. The number of nitrogens with two attached hydrogens (primary N) is 1. The van der Waals surface area contributed by atoms with Crippen molar-refractivity contribution in [2.24, 2.45) is 40.2 Å². The van der Waals surface area contributed by atoms with Gasteiger partial charge < -0.3 is 10.6 Å². The molecule has 3 fully saturated rings. The van der Waals surface area contributed by atoms with E-state index in [2.05, 4.69) is 19.9 Å². The van der Waals surface area contributed by atoms with Crippen LogP contribution in [0.5, 0.6) is 0 Å². The summed E-state index contributed by atoms with van der Waals surface area (Å²) in [7, 11) is 1.97. The van der Waals surface area contributed by atoms with Gasteiger partial charge in [-0.3, -0.25) is 9.59 Å². The third-order valence-electron chi connectivity index (χ3n) is 8.77. The lowest BCUT2D eigenvalue weighted by molar-refractivity contribution is -0.139. The molecular weight excluding hydrogens is 312 g/mol. The Labute approximate surface area is 151 Å². The van der Waals surface area contributed by atoms with Crippen molar-refractivity contribution in [3.8, 4) is 0 Å². The molecule has 4 aliphatic rings. The highest BCUT2D eigenvalue weighted by atomic mass is 16.2. The number of hydrogen-bond acceptors (Lipinski definition) is 2. The molecule has 4 heteroatoms. The number of hydrogen-bond donors (Lipinski definition) is 1. The number of carbonyl (C=O) groups excluding carboxylic acids is 2. The van der Waals surface area contributed by atoms with E-state index >= 15 is 0 Å². The summed E-state index contributed by atoms with van der Waals surface area (Å²) in [6.45, 7) is 4.81. The molecular formula is C21H32N2O2. The van der Waals surface area contributed by atoms with Crippen LogP contribution >= 0.6 is 0 Å². The Kier molecular flexibility index (Phi) is 3.82. The van der Waals surface area contributed by atoms with E-state index < -0.39 is 0 Å². The second kappa shape index (κ2) is 5.59. The van der Waals surface area contributed by atoms with E-state index in [1.165, 1.54) is 25.7 Å². The topological polar surface area (TPSA) is 63.4 Å². The third-order valence-corrected chi connectivity index (χ3v) is 8.77. The zero-order chi connectivity index (χ0) is 18.0. The van der Waals surface area contributed by atoms with E-state index in [4.69, 9.17) is 5.73 Å². The minimum absolute atomic E-state index is 0.106. The van der Waals surface area contributed by atoms with Crippen molar-refractivity contribution in [2.75, 3.05) is 7.05 Å². The van der Waals surface area contributed by atoms with Gasteiger partial charge in [0, 0.05) is 24.9 Å². The van der Waals surface area contributed by atoms with Gasteiger partial charge in [-0.15, -0.1) is 0 Å². The van der Waals surface area contributed by atoms with Gasteiger partial charge in [0.1, 0.15) is 0 Å². The van der Waals surface area contributed by atoms with E-state index in [0.29, 0.717) is 30.2 Å². The maximum absolute atomic E-state index is 12.1. The fourth-order valence-corrected chi connectivity index (χ4v) is 7.43. The van der Waals surface area contributed by atoms with E-state index in [1.54, 1.807) is 6.08 Å². The fraction of sp³-hybridized carbons (Fsp3) is 0.810. The van der Waals surface area contributed by atoms with E-state index in [0.717, 1.165) is 18.8 Å². The van der Waals surface area contributed by atoms with Crippen molar-refractivity contribution in [1.82, 2.24) is 4.90 Å². The molecule has 0 saturated heterocycles. The molecule has 2 N–H and O–H groups in total. The second-order valence-electron chi connectivity index (χ2n) is 9.61. The predicted molar refractivity (Wildman–Crippen MR) is 97.4 cm³/mol. The number of primary amides is 1. The largest absolute Gasteiger partial charge is 0.370 e. The summed E-state index contributed by atoms with van der Waals surface area (Å²) in [5, 5.41) is 0. The highest BCUT2D eigenvalue weighted by Crippen LogP contribution is 2.65. The van der Waals surface area contributed by atoms with Crippen LogP contribution in [0.4, 0.5) is 0 Å². The molecule has 0 bridgehead atoms. The van der Waals surface area contributed by atoms with Gasteiger partial charge in [0.2, 0.25) is 11.8 Å². The van der Waals surface area contributed by atoms with Gasteiger partial charge in [-0.25, -0.2) is 0 Å². The third kappa shape index (κ3) is 2.32. The predicted octanol–water partition coefficient (Wildman–Crippen LogP) is 3.12. The molecule has 3 aliphatic carbocycles. The van der Waals surface area contributed by atoms with E-state index in [1.807, 2.05) is 11.9 Å². The molecule has 138 valence electrons. The summed E-state index contributed by atoms with van der Waals surface area (Å²) in [6, 6.07) is 0.346. The molecule has 0 aromatic heterocycles. The Bertz CT molecular complexity index is 629. The Morgan fingerprint density at radius 2 is 1.96 bits per heavy atom. The van der Waals surface area contributed by atoms with Gasteiger partial charge in [-0.05, 0) is 73.7 Å². The Morgan fingerprint density at radius 3 is 2.68 bits per heavy atom. The molecule has 2 amide bonds. The van der Waals surface area contributed by atoms with Crippen LogP contribution in [0.3, 0.4) is 0 Å². The van der Waals surface area contributed by atoms with Gasteiger partial charge in [0.15, 0.2) is 0 Å². The molecule has 0 aromatic rings. The minimum atomic E-state index is -0.139. The Hall–Kier alpha value is -1.32. The second-order valence-corrected chi connectivity index (χ2v) is 9.61. The van der Waals surface area contributed by atoms with Crippen LogP contribution in [0, 0.1) is 34.5 Å². The fourth-order valence-electron chi connectivity index (χ4n) is 7.43. The van der Waals surface area contributed by atoms with Crippen LogP contribution in [-0.2, 0) is 9.59 Å². The SMILES string of the molecule is CN1C(=O)C=C[C@]2(C)[C@H]3CC[C@]4(C)C(CC(N)=O)CC[C@H]4[C@@H]3CC[C@@H]12. The first-order chi connectivity index (χ1) is 11.8. The van der Waals surface area contributed by atoms with Gasteiger partial charge >= 0.3 is 0 Å². The molecule has 0 aromatic carbocycles.